The highest BCUT2D eigenvalue weighted by Gasteiger charge is 2.07. The van der Waals surface area contributed by atoms with Crippen LogP contribution >= 0.6 is 0 Å². The predicted octanol–water partition coefficient (Wildman–Crippen LogP) is 2.41. The van der Waals surface area contributed by atoms with Gasteiger partial charge in [0.2, 0.25) is 0 Å². The molecular weight excluding hydrogens is 250 g/mol. The summed E-state index contributed by atoms with van der Waals surface area (Å²) in [7, 11) is 0. The molecule has 3 rings (SSSR count). The van der Waals surface area contributed by atoms with Crippen molar-refractivity contribution in [1.29, 1.82) is 0 Å². The standard InChI is InChI=1S/C13H10F2N4/c14-8-2-1-7(5-9(8)15)6-12-17-10-3-4-11(16)18-13(10)19-12/h1-5H,6H2,(H3,16,17,18,19). The van der Waals surface area contributed by atoms with Gasteiger partial charge < -0.3 is 10.7 Å². The van der Waals surface area contributed by atoms with E-state index in [1.165, 1.54) is 6.07 Å². The molecule has 3 aromatic rings. The number of H-pyrrole nitrogens is 1. The SMILES string of the molecule is Nc1ccc2[nH]c(Cc3ccc(F)c(F)c3)nc2n1. The fourth-order valence-corrected chi connectivity index (χ4v) is 1.88. The summed E-state index contributed by atoms with van der Waals surface area (Å²) in [5.74, 6) is -0.712. The molecule has 3 N–H and O–H groups in total. The summed E-state index contributed by atoms with van der Waals surface area (Å²) in [4.78, 5) is 11.4. The van der Waals surface area contributed by atoms with Crippen molar-refractivity contribution in [3.05, 3.63) is 53.4 Å². The molecule has 0 amide bonds. The second kappa shape index (κ2) is 4.31. The molecule has 0 saturated carbocycles. The molecule has 0 saturated heterocycles. The van der Waals surface area contributed by atoms with Gasteiger partial charge in [-0.1, -0.05) is 6.07 Å². The zero-order valence-corrected chi connectivity index (χ0v) is 9.82. The molecule has 0 aliphatic carbocycles. The Morgan fingerprint density at radius 1 is 1.05 bits per heavy atom. The van der Waals surface area contributed by atoms with Crippen LogP contribution in [0.25, 0.3) is 11.2 Å². The third-order valence-electron chi connectivity index (χ3n) is 2.77. The van der Waals surface area contributed by atoms with Crippen molar-refractivity contribution in [2.45, 2.75) is 6.42 Å². The Bertz CT molecular complexity index is 751. The molecule has 0 aliphatic rings. The third kappa shape index (κ3) is 2.24. The largest absolute Gasteiger partial charge is 0.384 e. The van der Waals surface area contributed by atoms with E-state index in [4.69, 9.17) is 5.73 Å². The first-order chi connectivity index (χ1) is 9.11. The molecular formula is C13H10F2N4. The van der Waals surface area contributed by atoms with Gasteiger partial charge in [0.25, 0.3) is 0 Å². The lowest BCUT2D eigenvalue weighted by Gasteiger charge is -1.99. The van der Waals surface area contributed by atoms with Crippen LogP contribution in [-0.2, 0) is 6.42 Å². The minimum Gasteiger partial charge on any atom is -0.384 e. The van der Waals surface area contributed by atoms with Crippen molar-refractivity contribution in [3.63, 3.8) is 0 Å². The Kier molecular flexibility index (Phi) is 2.63. The Hall–Kier alpha value is -2.50. The molecule has 1 aromatic carbocycles. The maximum absolute atomic E-state index is 13.1. The molecule has 0 spiro atoms. The second-order valence-corrected chi connectivity index (χ2v) is 4.22. The van der Waals surface area contributed by atoms with Gasteiger partial charge in [-0.3, -0.25) is 0 Å². The van der Waals surface area contributed by atoms with Crippen LogP contribution in [-0.4, -0.2) is 15.0 Å². The summed E-state index contributed by atoms with van der Waals surface area (Å²) in [6.07, 6.45) is 0.369. The van der Waals surface area contributed by atoms with E-state index in [0.29, 0.717) is 29.3 Å². The number of benzene rings is 1. The summed E-state index contributed by atoms with van der Waals surface area (Å²) < 4.78 is 25.9. The molecule has 2 aromatic heterocycles. The lowest BCUT2D eigenvalue weighted by Crippen LogP contribution is -1.93. The molecule has 0 atom stereocenters. The van der Waals surface area contributed by atoms with E-state index < -0.39 is 11.6 Å². The van der Waals surface area contributed by atoms with Gasteiger partial charge >= 0.3 is 0 Å². The number of aromatic amines is 1. The first kappa shape index (κ1) is 11.6. The Morgan fingerprint density at radius 2 is 1.89 bits per heavy atom. The summed E-state index contributed by atoms with van der Waals surface area (Å²) in [5, 5.41) is 0. The van der Waals surface area contributed by atoms with E-state index in [-0.39, 0.29) is 0 Å². The van der Waals surface area contributed by atoms with Crippen LogP contribution in [0.15, 0.2) is 30.3 Å². The Labute approximate surface area is 107 Å². The van der Waals surface area contributed by atoms with Gasteiger partial charge in [0.05, 0.1) is 5.52 Å². The van der Waals surface area contributed by atoms with E-state index in [0.717, 1.165) is 17.6 Å². The van der Waals surface area contributed by atoms with Gasteiger partial charge in [-0.15, -0.1) is 0 Å². The highest BCUT2D eigenvalue weighted by Crippen LogP contribution is 2.15. The van der Waals surface area contributed by atoms with Crippen molar-refractivity contribution in [1.82, 2.24) is 15.0 Å². The van der Waals surface area contributed by atoms with Crippen LogP contribution in [0, 0.1) is 11.6 Å². The summed E-state index contributed by atoms with van der Waals surface area (Å²) >= 11 is 0. The zero-order valence-electron chi connectivity index (χ0n) is 9.82. The lowest BCUT2D eigenvalue weighted by atomic mass is 10.1. The first-order valence-corrected chi connectivity index (χ1v) is 5.67. The third-order valence-corrected chi connectivity index (χ3v) is 2.77. The number of halogens is 2. The number of nitrogen functional groups attached to an aromatic ring is 1. The quantitative estimate of drug-likeness (QED) is 0.743. The maximum Gasteiger partial charge on any atom is 0.179 e. The summed E-state index contributed by atoms with van der Waals surface area (Å²) in [5.41, 5.74) is 7.46. The molecule has 6 heteroatoms. The zero-order chi connectivity index (χ0) is 13.4. The molecule has 96 valence electrons. The summed E-state index contributed by atoms with van der Waals surface area (Å²) in [6.45, 7) is 0. The number of aromatic nitrogens is 3. The van der Waals surface area contributed by atoms with Crippen LogP contribution in [0.2, 0.25) is 0 Å². The van der Waals surface area contributed by atoms with Gasteiger partial charge in [0.1, 0.15) is 11.6 Å². The molecule has 0 unspecified atom stereocenters. The molecule has 0 bridgehead atoms. The van der Waals surface area contributed by atoms with Gasteiger partial charge in [-0.05, 0) is 29.8 Å². The van der Waals surface area contributed by atoms with Crippen molar-refractivity contribution < 1.29 is 8.78 Å². The Balaban J connectivity index is 1.94. The number of nitrogens with two attached hydrogens (primary N) is 1. The number of hydrogen-bond donors (Lipinski definition) is 2. The van der Waals surface area contributed by atoms with Crippen molar-refractivity contribution in [3.8, 4) is 0 Å². The molecule has 4 nitrogen and oxygen atoms in total. The first-order valence-electron chi connectivity index (χ1n) is 5.67. The van der Waals surface area contributed by atoms with E-state index in [1.807, 2.05) is 0 Å². The number of pyridine rings is 1. The topological polar surface area (TPSA) is 67.6 Å². The van der Waals surface area contributed by atoms with Crippen LogP contribution < -0.4 is 5.73 Å². The Morgan fingerprint density at radius 3 is 2.68 bits per heavy atom. The average molecular weight is 260 g/mol. The minimum absolute atomic E-state index is 0.369. The lowest BCUT2D eigenvalue weighted by molar-refractivity contribution is 0.507. The average Bonchev–Trinajstić information content (AvgIpc) is 2.75. The van der Waals surface area contributed by atoms with Gasteiger partial charge in [-0.25, -0.2) is 18.7 Å². The number of hydrogen-bond acceptors (Lipinski definition) is 3. The summed E-state index contributed by atoms with van der Waals surface area (Å²) in [6, 6.07) is 7.22. The number of nitrogens with zero attached hydrogens (tertiary/aromatic N) is 2. The van der Waals surface area contributed by atoms with E-state index in [1.54, 1.807) is 12.1 Å². The van der Waals surface area contributed by atoms with Crippen molar-refractivity contribution >= 4 is 17.0 Å². The van der Waals surface area contributed by atoms with E-state index in [2.05, 4.69) is 15.0 Å². The maximum atomic E-state index is 13.1. The van der Waals surface area contributed by atoms with Crippen LogP contribution in [0.3, 0.4) is 0 Å². The minimum atomic E-state index is -0.865. The van der Waals surface area contributed by atoms with E-state index >= 15 is 0 Å². The molecule has 0 radical (unpaired) electrons. The normalized spacial score (nSPS) is 11.1. The monoisotopic (exact) mass is 260 g/mol. The second-order valence-electron chi connectivity index (χ2n) is 4.22. The molecule has 19 heavy (non-hydrogen) atoms. The fraction of sp³-hybridized carbons (Fsp3) is 0.0769. The number of anilines is 1. The van der Waals surface area contributed by atoms with Gasteiger partial charge in [0, 0.05) is 6.42 Å². The fourth-order valence-electron chi connectivity index (χ4n) is 1.88. The molecule has 0 aliphatic heterocycles. The highest BCUT2D eigenvalue weighted by atomic mass is 19.2. The number of imidazole rings is 1. The van der Waals surface area contributed by atoms with Crippen LogP contribution in [0.5, 0.6) is 0 Å². The predicted molar refractivity (Wildman–Crippen MR) is 67.5 cm³/mol. The number of nitrogens with one attached hydrogen (secondary N) is 1. The smallest absolute Gasteiger partial charge is 0.179 e. The van der Waals surface area contributed by atoms with Crippen LogP contribution in [0.1, 0.15) is 11.4 Å². The van der Waals surface area contributed by atoms with E-state index in [9.17, 15) is 8.78 Å². The van der Waals surface area contributed by atoms with Crippen molar-refractivity contribution in [2.75, 3.05) is 5.73 Å². The van der Waals surface area contributed by atoms with Gasteiger partial charge in [0.15, 0.2) is 17.3 Å². The van der Waals surface area contributed by atoms with Crippen LogP contribution in [0.4, 0.5) is 14.6 Å². The molecule has 2 heterocycles. The number of fused-ring (bicyclic) bond motifs is 1. The van der Waals surface area contributed by atoms with Crippen molar-refractivity contribution in [2.24, 2.45) is 0 Å². The highest BCUT2D eigenvalue weighted by molar-refractivity contribution is 5.72. The molecule has 0 fully saturated rings. The van der Waals surface area contributed by atoms with Gasteiger partial charge in [-0.2, -0.15) is 0 Å². The number of rotatable bonds is 2.